The number of aromatic nitrogens is 1. The zero-order chi connectivity index (χ0) is 23.8. The Bertz CT molecular complexity index is 1040. The van der Waals surface area contributed by atoms with Gasteiger partial charge >= 0.3 is 0 Å². The van der Waals surface area contributed by atoms with E-state index in [1.165, 1.54) is 0 Å². The zero-order valence-electron chi connectivity index (χ0n) is 18.7. The minimum absolute atomic E-state index is 0.0472. The molecule has 3 N–H and O–H groups in total. The topological polar surface area (TPSA) is 136 Å². The maximum Gasteiger partial charge on any atom is 0.249 e. The van der Waals surface area contributed by atoms with Gasteiger partial charge in [-0.25, -0.2) is 4.98 Å². The molecule has 33 heavy (non-hydrogen) atoms. The van der Waals surface area contributed by atoms with Crippen LogP contribution in [0.15, 0.2) is 36.5 Å². The van der Waals surface area contributed by atoms with Crippen molar-refractivity contribution in [3.05, 3.63) is 58.8 Å². The van der Waals surface area contributed by atoms with Gasteiger partial charge in [-0.2, -0.15) is 5.26 Å². The number of primary amides is 1. The third-order valence-corrected chi connectivity index (χ3v) is 5.74. The number of nitrogens with zero attached hydrogens (tertiary/aromatic N) is 4. The molecule has 1 fully saturated rings. The molecule has 172 valence electrons. The minimum Gasteiger partial charge on any atom is -0.380 e. The number of amides is 2. The van der Waals surface area contributed by atoms with Gasteiger partial charge in [-0.05, 0) is 23.8 Å². The molecule has 1 aliphatic rings. The van der Waals surface area contributed by atoms with Crippen molar-refractivity contribution in [2.24, 2.45) is 5.73 Å². The van der Waals surface area contributed by atoms with Crippen LogP contribution in [0.3, 0.4) is 0 Å². The molecule has 2 aromatic rings. The van der Waals surface area contributed by atoms with Crippen molar-refractivity contribution >= 4 is 23.8 Å². The molecule has 0 spiro atoms. The molecule has 1 unspecified atom stereocenters. The highest BCUT2D eigenvalue weighted by molar-refractivity contribution is 6.01. The Balaban J connectivity index is 1.43. The molecule has 1 atom stereocenters. The van der Waals surface area contributed by atoms with Crippen LogP contribution < -0.4 is 10.6 Å². The first-order valence-corrected chi connectivity index (χ1v) is 10.8. The van der Waals surface area contributed by atoms with Crippen LogP contribution in [0.2, 0.25) is 0 Å². The average Bonchev–Trinajstić information content (AvgIpc) is 2.85. The van der Waals surface area contributed by atoms with Crippen LogP contribution in [0, 0.1) is 16.7 Å². The lowest BCUT2D eigenvalue weighted by Gasteiger charge is -2.35. The maximum atomic E-state index is 12.6. The van der Waals surface area contributed by atoms with Gasteiger partial charge in [0.25, 0.3) is 0 Å². The fourth-order valence-electron chi connectivity index (χ4n) is 3.88. The predicted molar refractivity (Wildman–Crippen MR) is 124 cm³/mol. The summed E-state index contributed by atoms with van der Waals surface area (Å²) in [5.74, 6) is 0.234. The number of hydrogen-bond donors (Lipinski definition) is 2. The lowest BCUT2D eigenvalue weighted by molar-refractivity contribution is -0.132. The van der Waals surface area contributed by atoms with Crippen molar-refractivity contribution in [3.8, 4) is 6.07 Å². The summed E-state index contributed by atoms with van der Waals surface area (Å²) in [6.45, 7) is 5.21. The molecule has 1 aromatic carbocycles. The number of piperazine rings is 1. The predicted octanol–water partition coefficient (Wildman–Crippen LogP) is 1.91. The molecular formula is C24H28N6O3. The third kappa shape index (κ3) is 5.93. The number of ether oxygens (including phenoxy) is 1. The van der Waals surface area contributed by atoms with Crippen molar-refractivity contribution in [2.75, 3.05) is 44.3 Å². The molecule has 2 amide bonds. The van der Waals surface area contributed by atoms with Crippen molar-refractivity contribution in [1.29, 1.82) is 10.7 Å². The normalized spacial score (nSPS) is 14.4. The summed E-state index contributed by atoms with van der Waals surface area (Å²) in [5, 5.41) is 16.5. The van der Waals surface area contributed by atoms with Crippen molar-refractivity contribution < 1.29 is 14.3 Å². The molecular weight excluding hydrogens is 420 g/mol. The van der Waals surface area contributed by atoms with Gasteiger partial charge in [0, 0.05) is 55.6 Å². The fraction of sp³-hybridized carbons (Fsp3) is 0.375. The van der Waals surface area contributed by atoms with Gasteiger partial charge in [-0.3, -0.25) is 9.59 Å². The standard InChI is InChI=1S/C24H28N6O3/c1-17(19-3-2-4-20(24(27)32)21(19)14-26)16-33-12-7-23(31)30-10-8-29(9-11-30)22-6-5-18(13-25)15-28-22/h2-6,14-15,17,26H,7-12,16H2,1H3,(H2,27,32). The summed E-state index contributed by atoms with van der Waals surface area (Å²) in [6.07, 6.45) is 2.99. The van der Waals surface area contributed by atoms with E-state index in [-0.39, 0.29) is 11.8 Å². The van der Waals surface area contributed by atoms with Crippen molar-refractivity contribution in [3.63, 3.8) is 0 Å². The van der Waals surface area contributed by atoms with Crippen LogP contribution in [0.1, 0.15) is 46.3 Å². The van der Waals surface area contributed by atoms with Gasteiger partial charge in [-0.15, -0.1) is 0 Å². The third-order valence-electron chi connectivity index (χ3n) is 5.74. The quantitative estimate of drug-likeness (QED) is 0.444. The van der Waals surface area contributed by atoms with E-state index in [9.17, 15) is 9.59 Å². The number of nitrogens with one attached hydrogen (secondary N) is 1. The second kappa shape index (κ2) is 11.2. The second-order valence-electron chi connectivity index (χ2n) is 7.93. The number of carbonyl (C=O) groups is 2. The summed E-state index contributed by atoms with van der Waals surface area (Å²) >= 11 is 0. The average molecular weight is 449 g/mol. The number of pyridine rings is 1. The summed E-state index contributed by atoms with van der Waals surface area (Å²) in [5.41, 5.74) is 7.57. The minimum atomic E-state index is -0.566. The van der Waals surface area contributed by atoms with Crippen LogP contribution in [-0.2, 0) is 9.53 Å². The van der Waals surface area contributed by atoms with E-state index in [2.05, 4.69) is 16.0 Å². The Labute approximate surface area is 193 Å². The summed E-state index contributed by atoms with van der Waals surface area (Å²) in [7, 11) is 0. The van der Waals surface area contributed by atoms with Crippen LogP contribution in [-0.4, -0.2) is 67.3 Å². The van der Waals surface area contributed by atoms with E-state index < -0.39 is 5.91 Å². The first-order valence-electron chi connectivity index (χ1n) is 10.8. The first kappa shape index (κ1) is 23.9. The molecule has 0 bridgehead atoms. The molecule has 9 heteroatoms. The van der Waals surface area contributed by atoms with Crippen LogP contribution in [0.25, 0.3) is 0 Å². The molecule has 9 nitrogen and oxygen atoms in total. The van der Waals surface area contributed by atoms with E-state index in [1.807, 2.05) is 24.0 Å². The van der Waals surface area contributed by atoms with E-state index >= 15 is 0 Å². The Hall–Kier alpha value is -3.77. The fourth-order valence-corrected chi connectivity index (χ4v) is 3.88. The van der Waals surface area contributed by atoms with Crippen LogP contribution in [0.5, 0.6) is 0 Å². The number of nitrogens with two attached hydrogens (primary N) is 1. The van der Waals surface area contributed by atoms with Crippen LogP contribution >= 0.6 is 0 Å². The molecule has 0 aliphatic carbocycles. The molecule has 0 saturated carbocycles. The highest BCUT2D eigenvalue weighted by Crippen LogP contribution is 2.22. The van der Waals surface area contributed by atoms with Gasteiger partial charge in [0.2, 0.25) is 11.8 Å². The summed E-state index contributed by atoms with van der Waals surface area (Å²) in [4.78, 5) is 32.4. The number of carbonyl (C=O) groups excluding carboxylic acids is 2. The highest BCUT2D eigenvalue weighted by Gasteiger charge is 2.22. The second-order valence-corrected chi connectivity index (χ2v) is 7.93. The Kier molecular flexibility index (Phi) is 8.11. The van der Waals surface area contributed by atoms with Crippen molar-refractivity contribution in [2.45, 2.75) is 19.3 Å². The molecule has 3 rings (SSSR count). The lowest BCUT2D eigenvalue weighted by Crippen LogP contribution is -2.49. The number of nitriles is 1. The van der Waals surface area contributed by atoms with E-state index in [0.29, 0.717) is 62.5 Å². The SMILES string of the molecule is CC(COCCC(=O)N1CCN(c2ccc(C#N)cn2)CC1)c1cccc(C(N)=O)c1C=N. The van der Waals surface area contributed by atoms with Gasteiger partial charge in [-0.1, -0.05) is 19.1 Å². The van der Waals surface area contributed by atoms with E-state index in [0.717, 1.165) is 17.6 Å². The van der Waals surface area contributed by atoms with Gasteiger partial charge in [0.15, 0.2) is 0 Å². The Morgan fingerprint density at radius 2 is 2.03 bits per heavy atom. The van der Waals surface area contributed by atoms with Gasteiger partial charge < -0.3 is 25.7 Å². The van der Waals surface area contributed by atoms with E-state index in [1.54, 1.807) is 24.4 Å². The van der Waals surface area contributed by atoms with Gasteiger partial charge in [0.1, 0.15) is 11.9 Å². The Morgan fingerprint density at radius 3 is 2.64 bits per heavy atom. The van der Waals surface area contributed by atoms with Gasteiger partial charge in [0.05, 0.1) is 25.2 Å². The first-order chi connectivity index (χ1) is 15.9. The zero-order valence-corrected chi connectivity index (χ0v) is 18.7. The number of hydrogen-bond acceptors (Lipinski definition) is 7. The molecule has 1 aromatic heterocycles. The lowest BCUT2D eigenvalue weighted by atomic mass is 9.93. The molecule has 0 radical (unpaired) electrons. The van der Waals surface area contributed by atoms with Crippen molar-refractivity contribution in [1.82, 2.24) is 9.88 Å². The number of anilines is 1. The molecule has 2 heterocycles. The smallest absolute Gasteiger partial charge is 0.249 e. The maximum absolute atomic E-state index is 12.6. The van der Waals surface area contributed by atoms with E-state index in [4.69, 9.17) is 21.1 Å². The summed E-state index contributed by atoms with van der Waals surface area (Å²) in [6, 6.07) is 10.8. The summed E-state index contributed by atoms with van der Waals surface area (Å²) < 4.78 is 5.74. The van der Waals surface area contributed by atoms with Crippen LogP contribution in [0.4, 0.5) is 5.82 Å². The number of benzene rings is 1. The Morgan fingerprint density at radius 1 is 1.27 bits per heavy atom. The largest absolute Gasteiger partial charge is 0.380 e. The molecule has 1 aliphatic heterocycles. The highest BCUT2D eigenvalue weighted by atomic mass is 16.5. The number of rotatable bonds is 9. The molecule has 1 saturated heterocycles. The monoisotopic (exact) mass is 448 g/mol.